The summed E-state index contributed by atoms with van der Waals surface area (Å²) < 4.78 is 19.2. The summed E-state index contributed by atoms with van der Waals surface area (Å²) in [5.74, 6) is -0.355. The molecule has 0 saturated carbocycles. The van der Waals surface area contributed by atoms with Crippen molar-refractivity contribution in [3.05, 3.63) is 66.4 Å². The van der Waals surface area contributed by atoms with Gasteiger partial charge in [-0.05, 0) is 31.5 Å². The molecular formula is C19H19BrClFN8O2S2. The van der Waals surface area contributed by atoms with Gasteiger partial charge in [0, 0.05) is 10.2 Å². The third-order valence-corrected chi connectivity index (χ3v) is 6.26. The normalized spacial score (nSPS) is 14.7. The highest BCUT2D eigenvalue weighted by Crippen LogP contribution is 2.36. The fourth-order valence-electron chi connectivity index (χ4n) is 2.77. The minimum atomic E-state index is -0.644. The zero-order valence-electron chi connectivity index (χ0n) is 17.8. The van der Waals surface area contributed by atoms with Gasteiger partial charge in [0.05, 0.1) is 12.2 Å². The third kappa shape index (κ3) is 6.62. The summed E-state index contributed by atoms with van der Waals surface area (Å²) in [4.78, 5) is 17.1. The van der Waals surface area contributed by atoms with Gasteiger partial charge in [0.25, 0.3) is 0 Å². The molecule has 15 heteroatoms. The summed E-state index contributed by atoms with van der Waals surface area (Å²) in [6.45, 7) is 3.76. The molecule has 0 fully saturated rings. The highest BCUT2D eigenvalue weighted by Gasteiger charge is 2.32. The lowest BCUT2D eigenvalue weighted by Crippen LogP contribution is -2.33. The Bertz CT molecular complexity index is 1210. The first-order valence-corrected chi connectivity index (χ1v) is 11.9. The van der Waals surface area contributed by atoms with Gasteiger partial charge in [-0.2, -0.15) is 0 Å². The Balaban J connectivity index is 0.000000386. The van der Waals surface area contributed by atoms with E-state index in [0.717, 1.165) is 0 Å². The molecule has 34 heavy (non-hydrogen) atoms. The van der Waals surface area contributed by atoms with Gasteiger partial charge in [-0.15, -0.1) is 32.8 Å². The number of halogens is 3. The molecule has 180 valence electrons. The Kier molecular flexibility index (Phi) is 10.2. The maximum Gasteiger partial charge on any atom is 0.338 e. The molecule has 3 heterocycles. The first-order chi connectivity index (χ1) is 15.8. The average molecular weight is 590 g/mol. The van der Waals surface area contributed by atoms with Gasteiger partial charge in [-0.25, -0.2) is 9.18 Å². The summed E-state index contributed by atoms with van der Waals surface area (Å²) in [6, 6.07) is 3.63. The lowest BCUT2D eigenvalue weighted by atomic mass is 9.96. The van der Waals surface area contributed by atoms with Gasteiger partial charge >= 0.3 is 5.97 Å². The van der Waals surface area contributed by atoms with Crippen LogP contribution >= 0.6 is 51.0 Å². The zero-order chi connectivity index (χ0) is 24.0. The number of rotatable bonds is 5. The monoisotopic (exact) mass is 588 g/mol. The van der Waals surface area contributed by atoms with E-state index in [-0.39, 0.29) is 30.7 Å². The Morgan fingerprint density at radius 1 is 1.29 bits per heavy atom. The molecule has 0 amide bonds. The van der Waals surface area contributed by atoms with Crippen LogP contribution in [0.3, 0.4) is 0 Å². The average Bonchev–Trinajstić information content (AvgIpc) is 3.48. The second-order valence-electron chi connectivity index (χ2n) is 6.33. The van der Waals surface area contributed by atoms with E-state index in [1.165, 1.54) is 40.3 Å². The second kappa shape index (κ2) is 12.6. The largest absolute Gasteiger partial charge is 0.463 e. The molecule has 4 rings (SSSR count). The number of carbonyl (C=O) groups excluding carboxylic acids is 1. The van der Waals surface area contributed by atoms with E-state index in [0.29, 0.717) is 37.2 Å². The molecule has 1 unspecified atom stereocenters. The highest BCUT2D eigenvalue weighted by atomic mass is 79.9. The fourth-order valence-corrected chi connectivity index (χ4v) is 4.26. The number of carbonyl (C=O) groups is 1. The predicted molar refractivity (Wildman–Crippen MR) is 134 cm³/mol. The van der Waals surface area contributed by atoms with Crippen LogP contribution in [0.15, 0.2) is 50.0 Å². The zero-order valence-corrected chi connectivity index (χ0v) is 21.8. The molecule has 0 aliphatic carbocycles. The minimum absolute atomic E-state index is 0. The Morgan fingerprint density at radius 3 is 2.53 bits per heavy atom. The van der Waals surface area contributed by atoms with Gasteiger partial charge in [0.15, 0.2) is 21.7 Å². The van der Waals surface area contributed by atoms with E-state index in [9.17, 15) is 9.18 Å². The molecule has 1 aromatic carbocycles. The number of hydrogen-bond acceptors (Lipinski definition) is 11. The van der Waals surface area contributed by atoms with Crippen molar-refractivity contribution in [1.29, 1.82) is 5.41 Å². The van der Waals surface area contributed by atoms with Crippen LogP contribution in [0.1, 0.15) is 35.5 Å². The number of nitrogens with zero attached hydrogens (tertiary/aromatic N) is 5. The van der Waals surface area contributed by atoms with Crippen LogP contribution in [0, 0.1) is 11.2 Å². The van der Waals surface area contributed by atoms with Crippen LogP contribution in [0.2, 0.25) is 0 Å². The van der Waals surface area contributed by atoms with Gasteiger partial charge < -0.3 is 15.8 Å². The van der Waals surface area contributed by atoms with Crippen LogP contribution in [0.4, 0.5) is 4.39 Å². The van der Waals surface area contributed by atoms with E-state index >= 15 is 0 Å². The van der Waals surface area contributed by atoms with Crippen LogP contribution < -0.4 is 11.1 Å². The van der Waals surface area contributed by atoms with E-state index < -0.39 is 12.0 Å². The van der Waals surface area contributed by atoms with Gasteiger partial charge in [-0.1, -0.05) is 44.7 Å². The molecule has 0 saturated heterocycles. The number of allylic oxidation sites excluding steroid dienone is 1. The number of aliphatic imine (C=N–C) groups is 1. The van der Waals surface area contributed by atoms with E-state index in [4.69, 9.17) is 15.9 Å². The van der Waals surface area contributed by atoms with Crippen molar-refractivity contribution in [1.82, 2.24) is 25.7 Å². The Hall–Kier alpha value is -2.81. The predicted octanol–water partition coefficient (Wildman–Crippen LogP) is 3.61. The fraction of sp³-hybridized carbons (Fsp3) is 0.211. The number of ether oxygens (including phenoxy) is 1. The van der Waals surface area contributed by atoms with Crippen LogP contribution in [-0.2, 0) is 9.53 Å². The molecule has 4 N–H and O–H groups in total. The molecule has 3 aromatic rings. The van der Waals surface area contributed by atoms with E-state index in [1.807, 2.05) is 0 Å². The number of benzene rings is 1. The number of nitrogen functional groups attached to an aromatic ring is 1. The summed E-state index contributed by atoms with van der Waals surface area (Å²) in [6.07, 6.45) is 0. The summed E-state index contributed by atoms with van der Waals surface area (Å²) in [7, 11) is 0. The van der Waals surface area contributed by atoms with Crippen molar-refractivity contribution in [2.75, 3.05) is 6.61 Å². The standard InChI is InChI=1S/C16H14BrFN4O2S.C3H4N4S.ClH/c1-3-24-16(23)12-8(2)20-14(15-22-19-7-25-15)21-13(12)10-5-4-9(18)6-11(10)17;4-2(5)3-7-6-1-8-3;/h4-7,13H,3H2,1-2H3,(H,20,21);1H,(H3,4,5);1H. The van der Waals surface area contributed by atoms with Crippen molar-refractivity contribution in [3.8, 4) is 0 Å². The number of amidine groups is 2. The lowest BCUT2D eigenvalue weighted by Gasteiger charge is -2.25. The topological polar surface area (TPSA) is 152 Å². The van der Waals surface area contributed by atoms with Crippen molar-refractivity contribution in [2.45, 2.75) is 19.9 Å². The van der Waals surface area contributed by atoms with Gasteiger partial charge in [0.2, 0.25) is 0 Å². The van der Waals surface area contributed by atoms with Crippen molar-refractivity contribution < 1.29 is 13.9 Å². The summed E-state index contributed by atoms with van der Waals surface area (Å²) in [5.41, 5.74) is 9.84. The first kappa shape index (κ1) is 27.4. The van der Waals surface area contributed by atoms with Gasteiger partial charge in [-0.3, -0.25) is 10.4 Å². The third-order valence-electron chi connectivity index (χ3n) is 4.15. The molecule has 0 spiro atoms. The molecule has 10 nitrogen and oxygen atoms in total. The maximum atomic E-state index is 13.5. The summed E-state index contributed by atoms with van der Waals surface area (Å²) >= 11 is 5.95. The number of hydrogen-bond donors (Lipinski definition) is 3. The Morgan fingerprint density at radius 2 is 2.00 bits per heavy atom. The first-order valence-electron chi connectivity index (χ1n) is 9.36. The molecule has 2 aromatic heterocycles. The second-order valence-corrected chi connectivity index (χ2v) is 8.85. The lowest BCUT2D eigenvalue weighted by molar-refractivity contribution is -0.138. The quantitative estimate of drug-likeness (QED) is 0.232. The van der Waals surface area contributed by atoms with E-state index in [2.05, 4.69) is 46.6 Å². The summed E-state index contributed by atoms with van der Waals surface area (Å²) in [5, 5.41) is 25.9. The molecule has 0 bridgehead atoms. The number of nitrogens with one attached hydrogen (secondary N) is 2. The molecule has 1 atom stereocenters. The highest BCUT2D eigenvalue weighted by molar-refractivity contribution is 9.10. The molecule has 1 aliphatic rings. The number of esters is 1. The smallest absolute Gasteiger partial charge is 0.338 e. The minimum Gasteiger partial charge on any atom is -0.463 e. The van der Waals surface area contributed by atoms with Crippen LogP contribution in [0.25, 0.3) is 0 Å². The van der Waals surface area contributed by atoms with Crippen molar-refractivity contribution >= 4 is 68.7 Å². The van der Waals surface area contributed by atoms with Crippen LogP contribution in [-0.4, -0.2) is 44.6 Å². The van der Waals surface area contributed by atoms with Crippen molar-refractivity contribution in [3.63, 3.8) is 0 Å². The number of aromatic nitrogens is 4. The SMILES string of the molecule is CCOC(=O)C1=C(C)NC(c2nncs2)=NC1c1ccc(F)cc1Br.Cl.N=C(N)c1nncs1. The van der Waals surface area contributed by atoms with Gasteiger partial charge in [0.1, 0.15) is 22.9 Å². The van der Waals surface area contributed by atoms with Crippen LogP contribution in [0.5, 0.6) is 0 Å². The van der Waals surface area contributed by atoms with Crippen molar-refractivity contribution in [2.24, 2.45) is 10.7 Å². The van der Waals surface area contributed by atoms with E-state index in [1.54, 1.807) is 25.4 Å². The Labute approximate surface area is 216 Å². The molecular weight excluding hydrogens is 571 g/mol. The molecule has 0 radical (unpaired) electrons. The molecule has 1 aliphatic heterocycles. The maximum absolute atomic E-state index is 13.5. The number of nitrogens with two attached hydrogens (primary N) is 1.